The van der Waals surface area contributed by atoms with Gasteiger partial charge in [0.2, 0.25) is 0 Å². The smallest absolute Gasteiger partial charge is 0.264 e. The molecule has 1 aliphatic heterocycles. The van der Waals surface area contributed by atoms with E-state index in [0.29, 0.717) is 30.0 Å². The number of ether oxygens (including phenoxy) is 1. The topological polar surface area (TPSA) is 78.9 Å². The van der Waals surface area contributed by atoms with Crippen molar-refractivity contribution >= 4 is 17.5 Å². The molecule has 0 bridgehead atoms. The largest absolute Gasteiger partial charge is 0.482 e. The number of amides is 2. The van der Waals surface area contributed by atoms with E-state index in [-0.39, 0.29) is 25.0 Å². The lowest BCUT2D eigenvalue weighted by Gasteiger charge is -2.26. The maximum absolute atomic E-state index is 11.9. The minimum atomic E-state index is -0.234. The number of aliphatic hydroxyl groups excluding tert-OH is 1. The van der Waals surface area contributed by atoms with Crippen LogP contribution in [0.2, 0.25) is 0 Å². The zero-order valence-corrected chi connectivity index (χ0v) is 10.7. The third-order valence-electron chi connectivity index (χ3n) is 2.93. The number of hydrogen-bond acceptors (Lipinski definition) is 4. The maximum Gasteiger partial charge on any atom is 0.264 e. The Balaban J connectivity index is 2.16. The molecule has 1 aromatic carbocycles. The van der Waals surface area contributed by atoms with Crippen LogP contribution in [0.15, 0.2) is 18.2 Å². The first kappa shape index (κ1) is 13.4. The van der Waals surface area contributed by atoms with Crippen LogP contribution in [0.4, 0.5) is 5.69 Å². The lowest BCUT2D eigenvalue weighted by molar-refractivity contribution is -0.120. The fourth-order valence-electron chi connectivity index (χ4n) is 1.80. The van der Waals surface area contributed by atoms with E-state index in [1.54, 1.807) is 25.2 Å². The molecular formula is C13H16N2O4. The Morgan fingerprint density at radius 3 is 3.05 bits per heavy atom. The molecule has 6 nitrogen and oxygen atoms in total. The number of carbonyl (C=O) groups excluding carboxylic acids is 2. The molecule has 102 valence electrons. The molecule has 0 aliphatic carbocycles. The fraction of sp³-hybridized carbons (Fsp3) is 0.385. The van der Waals surface area contributed by atoms with E-state index in [1.807, 2.05) is 0 Å². The summed E-state index contributed by atoms with van der Waals surface area (Å²) in [7, 11) is 1.65. The average molecular weight is 264 g/mol. The highest BCUT2D eigenvalue weighted by Gasteiger charge is 2.23. The number of fused-ring (bicyclic) bond motifs is 1. The van der Waals surface area contributed by atoms with Gasteiger partial charge in [0.05, 0.1) is 5.69 Å². The molecule has 6 heteroatoms. The van der Waals surface area contributed by atoms with Crippen LogP contribution in [0, 0.1) is 0 Å². The van der Waals surface area contributed by atoms with Crippen molar-refractivity contribution in [1.82, 2.24) is 5.32 Å². The molecule has 2 rings (SSSR count). The van der Waals surface area contributed by atoms with E-state index in [4.69, 9.17) is 9.84 Å². The van der Waals surface area contributed by atoms with Crippen LogP contribution in [-0.4, -0.2) is 43.7 Å². The van der Waals surface area contributed by atoms with E-state index in [0.717, 1.165) is 0 Å². The van der Waals surface area contributed by atoms with E-state index < -0.39 is 0 Å². The van der Waals surface area contributed by atoms with Gasteiger partial charge in [-0.15, -0.1) is 0 Å². The van der Waals surface area contributed by atoms with Crippen molar-refractivity contribution in [1.29, 1.82) is 0 Å². The van der Waals surface area contributed by atoms with E-state index >= 15 is 0 Å². The molecule has 0 unspecified atom stereocenters. The number of benzene rings is 1. The predicted octanol–water partition coefficient (Wildman–Crippen LogP) is 0.154. The predicted molar refractivity (Wildman–Crippen MR) is 69.4 cm³/mol. The lowest BCUT2D eigenvalue weighted by atomic mass is 10.1. The number of carbonyl (C=O) groups is 2. The van der Waals surface area contributed by atoms with Gasteiger partial charge in [0, 0.05) is 25.8 Å². The van der Waals surface area contributed by atoms with Crippen molar-refractivity contribution in [2.45, 2.75) is 6.42 Å². The summed E-state index contributed by atoms with van der Waals surface area (Å²) in [4.78, 5) is 24.9. The third-order valence-corrected chi connectivity index (χ3v) is 2.93. The SMILES string of the molecule is CN1C(=O)COc2ccc(C(=O)NCCCO)cc21. The van der Waals surface area contributed by atoms with Crippen molar-refractivity contribution in [2.75, 3.05) is 31.7 Å². The molecule has 0 saturated heterocycles. The Bertz CT molecular complexity index is 501. The van der Waals surface area contributed by atoms with E-state index in [1.165, 1.54) is 4.90 Å². The molecule has 1 heterocycles. The van der Waals surface area contributed by atoms with Crippen LogP contribution in [0.3, 0.4) is 0 Å². The molecule has 2 amide bonds. The van der Waals surface area contributed by atoms with Gasteiger partial charge in [-0.1, -0.05) is 0 Å². The summed E-state index contributed by atoms with van der Waals surface area (Å²) in [6, 6.07) is 4.96. The quantitative estimate of drug-likeness (QED) is 0.759. The van der Waals surface area contributed by atoms with Crippen molar-refractivity contribution in [3.8, 4) is 5.75 Å². The Morgan fingerprint density at radius 2 is 2.32 bits per heavy atom. The van der Waals surface area contributed by atoms with Crippen LogP contribution in [-0.2, 0) is 4.79 Å². The summed E-state index contributed by atoms with van der Waals surface area (Å²) < 4.78 is 5.28. The Kier molecular flexibility index (Phi) is 4.01. The van der Waals surface area contributed by atoms with Gasteiger partial charge in [0.1, 0.15) is 5.75 Å². The number of nitrogens with zero attached hydrogens (tertiary/aromatic N) is 1. The lowest BCUT2D eigenvalue weighted by Crippen LogP contribution is -2.35. The van der Waals surface area contributed by atoms with E-state index in [2.05, 4.69) is 5.32 Å². The number of likely N-dealkylation sites (N-methyl/N-ethyl adjacent to an activating group) is 1. The van der Waals surface area contributed by atoms with Crippen LogP contribution in [0.1, 0.15) is 16.8 Å². The second-order valence-electron chi connectivity index (χ2n) is 4.26. The highest BCUT2D eigenvalue weighted by atomic mass is 16.5. The Hall–Kier alpha value is -2.08. The third kappa shape index (κ3) is 2.85. The van der Waals surface area contributed by atoms with Crippen molar-refractivity contribution in [2.24, 2.45) is 0 Å². The first-order valence-electron chi connectivity index (χ1n) is 6.06. The second kappa shape index (κ2) is 5.71. The molecule has 19 heavy (non-hydrogen) atoms. The van der Waals surface area contributed by atoms with E-state index in [9.17, 15) is 9.59 Å². The normalized spacial score (nSPS) is 13.8. The van der Waals surface area contributed by atoms with Gasteiger partial charge in [0.15, 0.2) is 6.61 Å². The number of anilines is 1. The molecule has 2 N–H and O–H groups in total. The first-order chi connectivity index (χ1) is 9.13. The fourth-order valence-corrected chi connectivity index (χ4v) is 1.80. The number of aliphatic hydroxyl groups is 1. The number of nitrogens with one attached hydrogen (secondary N) is 1. The monoisotopic (exact) mass is 264 g/mol. The standard InChI is InChI=1S/C13H16N2O4/c1-15-10-7-9(13(18)14-5-2-6-16)3-4-11(10)19-8-12(15)17/h3-4,7,16H,2,5-6,8H2,1H3,(H,14,18). The highest BCUT2D eigenvalue weighted by Crippen LogP contribution is 2.31. The summed E-state index contributed by atoms with van der Waals surface area (Å²) in [6.45, 7) is 0.471. The average Bonchev–Trinajstić information content (AvgIpc) is 2.43. The Morgan fingerprint density at radius 1 is 1.53 bits per heavy atom. The van der Waals surface area contributed by atoms with Crippen LogP contribution in [0.5, 0.6) is 5.75 Å². The summed E-state index contributed by atoms with van der Waals surface area (Å²) >= 11 is 0. The molecule has 0 atom stereocenters. The first-order valence-corrected chi connectivity index (χ1v) is 6.06. The van der Waals surface area contributed by atoms with Crippen LogP contribution >= 0.6 is 0 Å². The van der Waals surface area contributed by atoms with Gasteiger partial charge >= 0.3 is 0 Å². The minimum Gasteiger partial charge on any atom is -0.482 e. The van der Waals surface area contributed by atoms with Crippen molar-refractivity contribution < 1.29 is 19.4 Å². The molecule has 0 spiro atoms. The van der Waals surface area contributed by atoms with Crippen LogP contribution < -0.4 is 15.0 Å². The zero-order valence-electron chi connectivity index (χ0n) is 10.7. The second-order valence-corrected chi connectivity index (χ2v) is 4.26. The van der Waals surface area contributed by atoms with Crippen LogP contribution in [0.25, 0.3) is 0 Å². The maximum atomic E-state index is 11.9. The summed E-state index contributed by atoms with van der Waals surface area (Å²) in [5.74, 6) is 0.210. The summed E-state index contributed by atoms with van der Waals surface area (Å²) in [6.07, 6.45) is 0.512. The number of rotatable bonds is 4. The molecule has 1 aliphatic rings. The van der Waals surface area contributed by atoms with Gasteiger partial charge in [0.25, 0.3) is 11.8 Å². The molecule has 1 aromatic rings. The van der Waals surface area contributed by atoms with Gasteiger partial charge in [-0.05, 0) is 24.6 Å². The van der Waals surface area contributed by atoms with Gasteiger partial charge in [-0.3, -0.25) is 9.59 Å². The molecule has 0 saturated carbocycles. The molecule has 0 aromatic heterocycles. The van der Waals surface area contributed by atoms with Crippen molar-refractivity contribution in [3.63, 3.8) is 0 Å². The van der Waals surface area contributed by atoms with Crippen molar-refractivity contribution in [3.05, 3.63) is 23.8 Å². The summed E-state index contributed by atoms with van der Waals surface area (Å²) in [5, 5.41) is 11.3. The van der Waals surface area contributed by atoms with Gasteiger partial charge in [-0.25, -0.2) is 0 Å². The minimum absolute atomic E-state index is 0.0194. The van der Waals surface area contributed by atoms with Gasteiger partial charge < -0.3 is 20.1 Å². The number of hydrogen-bond donors (Lipinski definition) is 2. The van der Waals surface area contributed by atoms with Gasteiger partial charge in [-0.2, -0.15) is 0 Å². The molecular weight excluding hydrogens is 248 g/mol. The summed E-state index contributed by atoms with van der Waals surface area (Å²) in [5.41, 5.74) is 1.05. The molecule has 0 fully saturated rings. The molecule has 0 radical (unpaired) electrons. The Labute approximate surface area is 111 Å². The highest BCUT2D eigenvalue weighted by molar-refractivity contribution is 6.00. The zero-order chi connectivity index (χ0) is 13.8.